The smallest absolute Gasteiger partial charge is 0.182 e. The first-order valence-corrected chi connectivity index (χ1v) is 8.03. The Morgan fingerprint density at radius 2 is 1.38 bits per heavy atom. The molecule has 1 unspecified atom stereocenters. The molecule has 1 aromatic rings. The fraction of sp³-hybridized carbons (Fsp3) is 0.571. The van der Waals surface area contributed by atoms with Crippen LogP contribution < -0.4 is 0 Å². The van der Waals surface area contributed by atoms with Crippen molar-refractivity contribution in [3.63, 3.8) is 0 Å². The summed E-state index contributed by atoms with van der Waals surface area (Å²) >= 11 is 0. The maximum absolute atomic E-state index is 6.30. The second-order valence-corrected chi connectivity index (χ2v) is 9.01. The highest BCUT2D eigenvalue weighted by Crippen LogP contribution is 2.27. The largest absolute Gasteiger partial charge is 0.413 e. The molecule has 0 aliphatic rings. The number of hydrogen-bond acceptors (Lipinski definition) is 1. The highest BCUT2D eigenvalue weighted by molar-refractivity contribution is 6.55. The molecule has 0 saturated carbocycles. The molecule has 0 bridgehead atoms. The average molecular weight is 236 g/mol. The first kappa shape index (κ1) is 13.5. The Hall–Kier alpha value is -0.603. The van der Waals surface area contributed by atoms with E-state index in [2.05, 4.69) is 65.0 Å². The quantitative estimate of drug-likeness (QED) is 0.692. The first-order valence-electron chi connectivity index (χ1n) is 6.22. The molecule has 0 fully saturated rings. The normalized spacial score (nSPS) is 13.8. The van der Waals surface area contributed by atoms with Crippen molar-refractivity contribution in [2.45, 2.75) is 51.8 Å². The summed E-state index contributed by atoms with van der Waals surface area (Å²) in [5, 5.41) is 0. The summed E-state index contributed by atoms with van der Waals surface area (Å²) in [4.78, 5) is 0. The molecule has 0 amide bonds. The molecule has 0 radical (unpaired) electrons. The molecule has 1 atom stereocenters. The van der Waals surface area contributed by atoms with Crippen molar-refractivity contribution in [2.75, 3.05) is 0 Å². The van der Waals surface area contributed by atoms with E-state index in [-0.39, 0.29) is 6.10 Å². The highest BCUT2D eigenvalue weighted by Gasteiger charge is 2.23. The Bertz CT molecular complexity index is 287. The Labute approximate surface area is 102 Å². The molecule has 0 spiro atoms. The molecule has 16 heavy (non-hydrogen) atoms. The van der Waals surface area contributed by atoms with Crippen LogP contribution in [0.1, 0.15) is 46.3 Å². The first-order chi connectivity index (χ1) is 7.52. The van der Waals surface area contributed by atoms with E-state index >= 15 is 0 Å². The third-order valence-electron chi connectivity index (χ3n) is 2.94. The van der Waals surface area contributed by atoms with Crippen LogP contribution in [0, 0.1) is 0 Å². The van der Waals surface area contributed by atoms with Gasteiger partial charge in [0.15, 0.2) is 9.04 Å². The van der Waals surface area contributed by atoms with Crippen LogP contribution in [-0.2, 0) is 4.43 Å². The van der Waals surface area contributed by atoms with Crippen LogP contribution in [0.25, 0.3) is 0 Å². The van der Waals surface area contributed by atoms with Crippen molar-refractivity contribution in [2.24, 2.45) is 0 Å². The van der Waals surface area contributed by atoms with Crippen molar-refractivity contribution in [3.8, 4) is 0 Å². The van der Waals surface area contributed by atoms with Crippen LogP contribution in [-0.4, -0.2) is 9.04 Å². The second-order valence-electron chi connectivity index (χ2n) is 5.14. The summed E-state index contributed by atoms with van der Waals surface area (Å²) in [5.74, 6) is 0. The molecule has 0 aliphatic heterocycles. The van der Waals surface area contributed by atoms with Crippen LogP contribution in [0.4, 0.5) is 0 Å². The van der Waals surface area contributed by atoms with Gasteiger partial charge in [0.05, 0.1) is 6.10 Å². The minimum atomic E-state index is -1.11. The summed E-state index contributed by atoms with van der Waals surface area (Å²) in [7, 11) is -1.11. The predicted molar refractivity (Wildman–Crippen MR) is 73.3 cm³/mol. The van der Waals surface area contributed by atoms with Crippen LogP contribution in [0.5, 0.6) is 0 Å². The maximum Gasteiger partial charge on any atom is 0.182 e. The Morgan fingerprint density at radius 1 is 0.875 bits per heavy atom. The molecule has 2 heteroatoms. The summed E-state index contributed by atoms with van der Waals surface area (Å²) in [6, 6.07) is 10.5. The lowest BCUT2D eigenvalue weighted by atomic mass is 10.1. The molecule has 0 saturated heterocycles. The van der Waals surface area contributed by atoms with Gasteiger partial charge in [-0.05, 0) is 23.6 Å². The van der Waals surface area contributed by atoms with E-state index in [0.717, 1.165) is 0 Å². The molecule has 0 aromatic heterocycles. The third kappa shape index (κ3) is 3.76. The number of rotatable bonds is 5. The zero-order valence-corrected chi connectivity index (χ0v) is 12.3. The van der Waals surface area contributed by atoms with Crippen LogP contribution in [0.3, 0.4) is 0 Å². The molecule has 0 heterocycles. The van der Waals surface area contributed by atoms with Gasteiger partial charge in [-0.3, -0.25) is 0 Å². The Balaban J connectivity index is 2.65. The average Bonchev–Trinajstić information content (AvgIpc) is 2.25. The van der Waals surface area contributed by atoms with Gasteiger partial charge in [0, 0.05) is 0 Å². The minimum absolute atomic E-state index is 0.239. The zero-order chi connectivity index (χ0) is 12.1. The van der Waals surface area contributed by atoms with Crippen molar-refractivity contribution in [1.82, 2.24) is 0 Å². The SMILES string of the molecule is CC(O[SiH](C(C)C)C(C)C)c1ccccc1. The van der Waals surface area contributed by atoms with Crippen LogP contribution in [0.15, 0.2) is 30.3 Å². The van der Waals surface area contributed by atoms with Crippen molar-refractivity contribution < 1.29 is 4.43 Å². The molecule has 1 nitrogen and oxygen atoms in total. The van der Waals surface area contributed by atoms with E-state index in [1.807, 2.05) is 0 Å². The standard InChI is InChI=1S/C14H24OSi/c1-11(2)16(12(3)4)15-13(5)14-9-7-6-8-10-14/h6-13,16H,1-5H3. The van der Waals surface area contributed by atoms with Gasteiger partial charge in [0.2, 0.25) is 0 Å². The van der Waals surface area contributed by atoms with Gasteiger partial charge in [0.25, 0.3) is 0 Å². The van der Waals surface area contributed by atoms with E-state index in [0.29, 0.717) is 11.1 Å². The van der Waals surface area contributed by atoms with Gasteiger partial charge >= 0.3 is 0 Å². The summed E-state index contributed by atoms with van der Waals surface area (Å²) < 4.78 is 6.30. The zero-order valence-electron chi connectivity index (χ0n) is 11.1. The summed E-state index contributed by atoms with van der Waals surface area (Å²) in [5.41, 5.74) is 2.69. The predicted octanol–water partition coefficient (Wildman–Crippen LogP) is 4.31. The second kappa shape index (κ2) is 6.21. The lowest BCUT2D eigenvalue weighted by molar-refractivity contribution is 0.218. The number of hydrogen-bond donors (Lipinski definition) is 0. The van der Waals surface area contributed by atoms with E-state index in [1.54, 1.807) is 0 Å². The van der Waals surface area contributed by atoms with E-state index < -0.39 is 9.04 Å². The topological polar surface area (TPSA) is 9.23 Å². The van der Waals surface area contributed by atoms with Crippen LogP contribution >= 0.6 is 0 Å². The Kier molecular flexibility index (Phi) is 5.23. The third-order valence-corrected chi connectivity index (χ3v) is 6.30. The van der Waals surface area contributed by atoms with Crippen molar-refractivity contribution in [3.05, 3.63) is 35.9 Å². The summed E-state index contributed by atoms with van der Waals surface area (Å²) in [6.45, 7) is 11.3. The van der Waals surface area contributed by atoms with Crippen molar-refractivity contribution in [1.29, 1.82) is 0 Å². The number of benzene rings is 1. The van der Waals surface area contributed by atoms with Gasteiger partial charge in [0.1, 0.15) is 0 Å². The fourth-order valence-electron chi connectivity index (χ4n) is 2.12. The van der Waals surface area contributed by atoms with Gasteiger partial charge < -0.3 is 4.43 Å². The molecule has 0 aliphatic carbocycles. The molecule has 1 rings (SSSR count). The lowest BCUT2D eigenvalue weighted by Gasteiger charge is -2.27. The fourth-order valence-corrected chi connectivity index (χ4v) is 4.92. The highest BCUT2D eigenvalue weighted by atomic mass is 28.3. The van der Waals surface area contributed by atoms with Gasteiger partial charge in [-0.2, -0.15) is 0 Å². The molecule has 0 N–H and O–H groups in total. The summed E-state index contributed by atoms with van der Waals surface area (Å²) in [6.07, 6.45) is 0.239. The van der Waals surface area contributed by atoms with Crippen molar-refractivity contribution >= 4 is 9.04 Å². The minimum Gasteiger partial charge on any atom is -0.413 e. The molecule has 1 aromatic carbocycles. The Morgan fingerprint density at radius 3 is 1.81 bits per heavy atom. The molecule has 90 valence electrons. The lowest BCUT2D eigenvalue weighted by Crippen LogP contribution is -2.26. The maximum atomic E-state index is 6.30. The molecular formula is C14H24OSi. The van der Waals surface area contributed by atoms with Gasteiger partial charge in [-0.25, -0.2) is 0 Å². The van der Waals surface area contributed by atoms with Crippen LogP contribution in [0.2, 0.25) is 11.1 Å². The van der Waals surface area contributed by atoms with E-state index in [9.17, 15) is 0 Å². The molecular weight excluding hydrogens is 212 g/mol. The van der Waals surface area contributed by atoms with Gasteiger partial charge in [-0.1, -0.05) is 58.0 Å². The monoisotopic (exact) mass is 236 g/mol. The van der Waals surface area contributed by atoms with Gasteiger partial charge in [-0.15, -0.1) is 0 Å². The van der Waals surface area contributed by atoms with E-state index in [1.165, 1.54) is 5.56 Å². The van der Waals surface area contributed by atoms with E-state index in [4.69, 9.17) is 4.43 Å².